The molecule has 1 aliphatic carbocycles. The highest BCUT2D eigenvalue weighted by molar-refractivity contribution is 5.82. The second kappa shape index (κ2) is 5.86. The zero-order chi connectivity index (χ0) is 13.1. The molecular formula is C14H22N4O. The molecule has 19 heavy (non-hydrogen) atoms. The van der Waals surface area contributed by atoms with Crippen LogP contribution < -0.4 is 16.3 Å². The van der Waals surface area contributed by atoms with Gasteiger partial charge in [-0.25, -0.2) is 15.9 Å². The number of rotatable bonds is 2. The van der Waals surface area contributed by atoms with Gasteiger partial charge in [0, 0.05) is 25.0 Å². The highest BCUT2D eigenvalue weighted by Gasteiger charge is 2.38. The summed E-state index contributed by atoms with van der Waals surface area (Å²) in [6.45, 7) is 1.94. The zero-order valence-electron chi connectivity index (χ0n) is 11.1. The SMILES string of the molecule is O=C(NN1CCCCC1)C1NNC2C=CC=CCC21. The van der Waals surface area contributed by atoms with Crippen LogP contribution in [0.5, 0.6) is 0 Å². The van der Waals surface area contributed by atoms with Crippen LogP contribution in [0.2, 0.25) is 0 Å². The molecular weight excluding hydrogens is 240 g/mol. The van der Waals surface area contributed by atoms with Crippen LogP contribution in [0.15, 0.2) is 24.3 Å². The number of hydrazine groups is 2. The predicted molar refractivity (Wildman–Crippen MR) is 73.8 cm³/mol. The molecule has 2 heterocycles. The number of amides is 1. The van der Waals surface area contributed by atoms with Crippen LogP contribution in [-0.4, -0.2) is 36.1 Å². The van der Waals surface area contributed by atoms with E-state index in [1.54, 1.807) is 0 Å². The van der Waals surface area contributed by atoms with Crippen LogP contribution in [0.3, 0.4) is 0 Å². The van der Waals surface area contributed by atoms with E-state index in [2.05, 4.69) is 39.5 Å². The van der Waals surface area contributed by atoms with Gasteiger partial charge in [-0.05, 0) is 19.3 Å². The van der Waals surface area contributed by atoms with Gasteiger partial charge in [0.15, 0.2) is 0 Å². The minimum absolute atomic E-state index is 0.0885. The molecule has 0 saturated carbocycles. The number of nitrogens with one attached hydrogen (secondary N) is 3. The standard InChI is InChI=1S/C14H22N4O/c19-14(17-18-9-5-2-6-10-18)13-11-7-3-1-4-8-12(11)15-16-13/h1,3-4,8,11-13,15-16H,2,5-7,9-10H2,(H,17,19). The second-order valence-corrected chi connectivity index (χ2v) is 5.53. The molecule has 0 aromatic heterocycles. The molecule has 5 nitrogen and oxygen atoms in total. The molecule has 2 fully saturated rings. The Labute approximate surface area is 114 Å². The first-order valence-electron chi connectivity index (χ1n) is 7.24. The third kappa shape index (κ3) is 2.88. The Morgan fingerprint density at radius 1 is 1.16 bits per heavy atom. The Balaban J connectivity index is 1.60. The van der Waals surface area contributed by atoms with Crippen molar-refractivity contribution >= 4 is 5.91 Å². The minimum Gasteiger partial charge on any atom is -0.287 e. The van der Waals surface area contributed by atoms with Gasteiger partial charge in [0.25, 0.3) is 5.91 Å². The molecule has 3 rings (SSSR count). The number of hydrogen-bond acceptors (Lipinski definition) is 4. The molecule has 0 radical (unpaired) electrons. The first-order valence-corrected chi connectivity index (χ1v) is 7.24. The van der Waals surface area contributed by atoms with E-state index in [9.17, 15) is 4.79 Å². The molecule has 3 atom stereocenters. The highest BCUT2D eigenvalue weighted by atomic mass is 16.2. The lowest BCUT2D eigenvalue weighted by atomic mass is 9.91. The first kappa shape index (κ1) is 12.8. The molecule has 1 amide bonds. The average molecular weight is 262 g/mol. The summed E-state index contributed by atoms with van der Waals surface area (Å²) in [5, 5.41) is 2.06. The number of allylic oxidation sites excluding steroid dienone is 3. The third-order valence-corrected chi connectivity index (χ3v) is 4.18. The largest absolute Gasteiger partial charge is 0.287 e. The van der Waals surface area contributed by atoms with Gasteiger partial charge in [0.1, 0.15) is 6.04 Å². The highest BCUT2D eigenvalue weighted by Crippen LogP contribution is 2.23. The maximum Gasteiger partial charge on any atom is 0.253 e. The Morgan fingerprint density at radius 3 is 2.84 bits per heavy atom. The molecule has 3 N–H and O–H groups in total. The van der Waals surface area contributed by atoms with Gasteiger partial charge in [-0.15, -0.1) is 0 Å². The minimum atomic E-state index is -0.153. The summed E-state index contributed by atoms with van der Waals surface area (Å²) >= 11 is 0. The molecule has 0 aromatic carbocycles. The summed E-state index contributed by atoms with van der Waals surface area (Å²) in [4.78, 5) is 12.4. The number of carbonyl (C=O) groups excluding carboxylic acids is 1. The summed E-state index contributed by atoms with van der Waals surface area (Å²) in [7, 11) is 0. The quantitative estimate of drug-likeness (QED) is 0.677. The first-order chi connectivity index (χ1) is 9.34. The van der Waals surface area contributed by atoms with Crippen molar-refractivity contribution < 1.29 is 4.79 Å². The number of nitrogens with zero attached hydrogens (tertiary/aromatic N) is 1. The van der Waals surface area contributed by atoms with E-state index >= 15 is 0 Å². The maximum absolute atomic E-state index is 12.4. The van der Waals surface area contributed by atoms with Gasteiger partial charge in [0.2, 0.25) is 0 Å². The predicted octanol–water partition coefficient (Wildman–Crippen LogP) is 0.481. The lowest BCUT2D eigenvalue weighted by Crippen LogP contribution is -2.53. The van der Waals surface area contributed by atoms with Gasteiger partial charge < -0.3 is 0 Å². The molecule has 5 heteroatoms. The molecule has 2 aliphatic heterocycles. The van der Waals surface area contributed by atoms with E-state index in [1.165, 1.54) is 19.3 Å². The van der Waals surface area contributed by atoms with Gasteiger partial charge >= 0.3 is 0 Å². The smallest absolute Gasteiger partial charge is 0.253 e. The Morgan fingerprint density at radius 2 is 2.00 bits per heavy atom. The summed E-state index contributed by atoms with van der Waals surface area (Å²) in [6.07, 6.45) is 12.9. The molecule has 0 bridgehead atoms. The lowest BCUT2D eigenvalue weighted by molar-refractivity contribution is -0.129. The van der Waals surface area contributed by atoms with Gasteiger partial charge in [-0.2, -0.15) is 0 Å². The summed E-state index contributed by atoms with van der Waals surface area (Å²) < 4.78 is 0. The van der Waals surface area contributed by atoms with Crippen molar-refractivity contribution in [2.75, 3.05) is 13.1 Å². The van der Waals surface area contributed by atoms with E-state index in [1.807, 2.05) is 6.08 Å². The fraction of sp³-hybridized carbons (Fsp3) is 0.643. The topological polar surface area (TPSA) is 56.4 Å². The van der Waals surface area contributed by atoms with Gasteiger partial charge in [-0.3, -0.25) is 10.2 Å². The van der Waals surface area contributed by atoms with E-state index in [0.717, 1.165) is 19.5 Å². The van der Waals surface area contributed by atoms with E-state index in [4.69, 9.17) is 0 Å². The molecule has 3 unspecified atom stereocenters. The van der Waals surface area contributed by atoms with Crippen molar-refractivity contribution in [1.82, 2.24) is 21.3 Å². The van der Waals surface area contributed by atoms with Crippen molar-refractivity contribution in [3.05, 3.63) is 24.3 Å². The van der Waals surface area contributed by atoms with Crippen LogP contribution >= 0.6 is 0 Å². The Bertz CT molecular complexity index is 387. The van der Waals surface area contributed by atoms with Crippen LogP contribution in [-0.2, 0) is 4.79 Å². The second-order valence-electron chi connectivity index (χ2n) is 5.53. The molecule has 3 aliphatic rings. The summed E-state index contributed by atoms with van der Waals surface area (Å²) in [6, 6.07) is 0.0893. The molecule has 0 spiro atoms. The number of hydrogen-bond donors (Lipinski definition) is 3. The normalized spacial score (nSPS) is 34.8. The average Bonchev–Trinajstić information content (AvgIpc) is 2.69. The number of carbonyl (C=O) groups is 1. The van der Waals surface area contributed by atoms with Crippen LogP contribution in [0.4, 0.5) is 0 Å². The Kier molecular flexibility index (Phi) is 3.96. The molecule has 2 saturated heterocycles. The fourth-order valence-corrected chi connectivity index (χ4v) is 3.07. The number of piperidine rings is 1. The molecule has 104 valence electrons. The van der Waals surface area contributed by atoms with Crippen molar-refractivity contribution in [1.29, 1.82) is 0 Å². The van der Waals surface area contributed by atoms with Crippen molar-refractivity contribution in [2.45, 2.75) is 37.8 Å². The van der Waals surface area contributed by atoms with E-state index in [-0.39, 0.29) is 18.0 Å². The monoisotopic (exact) mass is 262 g/mol. The van der Waals surface area contributed by atoms with Gasteiger partial charge in [-0.1, -0.05) is 30.7 Å². The maximum atomic E-state index is 12.4. The van der Waals surface area contributed by atoms with Gasteiger partial charge in [0.05, 0.1) is 0 Å². The van der Waals surface area contributed by atoms with Crippen LogP contribution in [0.1, 0.15) is 25.7 Å². The Hall–Kier alpha value is -1.17. The van der Waals surface area contributed by atoms with Crippen LogP contribution in [0.25, 0.3) is 0 Å². The van der Waals surface area contributed by atoms with E-state index in [0.29, 0.717) is 5.92 Å². The third-order valence-electron chi connectivity index (χ3n) is 4.18. The van der Waals surface area contributed by atoms with E-state index < -0.39 is 0 Å². The number of fused-ring (bicyclic) bond motifs is 1. The zero-order valence-corrected chi connectivity index (χ0v) is 11.1. The van der Waals surface area contributed by atoms with Crippen molar-refractivity contribution in [3.63, 3.8) is 0 Å². The van der Waals surface area contributed by atoms with Crippen LogP contribution in [0, 0.1) is 5.92 Å². The lowest BCUT2D eigenvalue weighted by Gasteiger charge is -2.29. The summed E-state index contributed by atoms with van der Waals surface area (Å²) in [5.41, 5.74) is 9.41. The fourth-order valence-electron chi connectivity index (χ4n) is 3.07. The molecule has 0 aromatic rings. The van der Waals surface area contributed by atoms with Crippen molar-refractivity contribution in [2.24, 2.45) is 5.92 Å². The van der Waals surface area contributed by atoms with Crippen molar-refractivity contribution in [3.8, 4) is 0 Å². The summed E-state index contributed by atoms with van der Waals surface area (Å²) in [5.74, 6) is 0.380.